The molecule has 0 aromatic rings. The van der Waals surface area contributed by atoms with Gasteiger partial charge in [-0.2, -0.15) is 0 Å². The first-order valence-corrected chi connectivity index (χ1v) is 8.84. The summed E-state index contributed by atoms with van der Waals surface area (Å²) in [5.74, 6) is 0.262. The Morgan fingerprint density at radius 3 is 2.58 bits per heavy atom. The average Bonchev–Trinajstić information content (AvgIpc) is 2.70. The third kappa shape index (κ3) is 4.99. The molecule has 0 radical (unpaired) electrons. The van der Waals surface area contributed by atoms with E-state index in [1.54, 1.807) is 0 Å². The van der Waals surface area contributed by atoms with E-state index in [2.05, 4.69) is 15.5 Å². The van der Waals surface area contributed by atoms with Gasteiger partial charge in [0.15, 0.2) is 9.84 Å². The molecule has 6 nitrogen and oxygen atoms in total. The number of hydrogen-bond donors (Lipinski definition) is 2. The van der Waals surface area contributed by atoms with E-state index in [1.165, 1.54) is 19.3 Å². The van der Waals surface area contributed by atoms with Gasteiger partial charge >= 0.3 is 6.03 Å². The predicted molar refractivity (Wildman–Crippen MR) is 73.9 cm³/mol. The molecule has 2 rings (SSSR count). The van der Waals surface area contributed by atoms with Crippen molar-refractivity contribution in [3.63, 3.8) is 0 Å². The lowest BCUT2D eigenvalue weighted by atomic mass is 10.1. The molecule has 2 aliphatic heterocycles. The number of piperidine rings is 1. The Bertz CT molecular complexity index is 404. The van der Waals surface area contributed by atoms with Crippen molar-refractivity contribution >= 4 is 15.9 Å². The highest BCUT2D eigenvalue weighted by molar-refractivity contribution is 7.91. The van der Waals surface area contributed by atoms with Gasteiger partial charge in [-0.3, -0.25) is 0 Å². The van der Waals surface area contributed by atoms with Gasteiger partial charge in [0.2, 0.25) is 0 Å². The van der Waals surface area contributed by atoms with Crippen molar-refractivity contribution in [1.29, 1.82) is 0 Å². The number of likely N-dealkylation sites (tertiary alicyclic amines) is 1. The quantitative estimate of drug-likeness (QED) is 0.761. The second-order valence-corrected chi connectivity index (χ2v) is 7.63. The molecular weight excluding hydrogens is 266 g/mol. The van der Waals surface area contributed by atoms with Crippen molar-refractivity contribution in [2.45, 2.75) is 31.7 Å². The minimum atomic E-state index is -2.93. The largest absolute Gasteiger partial charge is 0.337 e. The monoisotopic (exact) mass is 289 g/mol. The van der Waals surface area contributed by atoms with E-state index >= 15 is 0 Å². The minimum Gasteiger partial charge on any atom is -0.337 e. The number of carbonyl (C=O) groups excluding carboxylic acids is 1. The molecule has 1 atom stereocenters. The molecule has 2 N–H and O–H groups in total. The smallest absolute Gasteiger partial charge is 0.315 e. The highest BCUT2D eigenvalue weighted by Crippen LogP contribution is 2.11. The van der Waals surface area contributed by atoms with Gasteiger partial charge in [-0.25, -0.2) is 13.2 Å². The number of amides is 2. The fourth-order valence-electron chi connectivity index (χ4n) is 2.66. The summed E-state index contributed by atoms with van der Waals surface area (Å²) >= 11 is 0. The Hall–Kier alpha value is -0.820. The van der Waals surface area contributed by atoms with Gasteiger partial charge < -0.3 is 15.5 Å². The number of nitrogens with one attached hydrogen (secondary N) is 2. The van der Waals surface area contributed by atoms with E-state index in [0.29, 0.717) is 13.0 Å². The zero-order valence-electron chi connectivity index (χ0n) is 11.2. The molecule has 19 heavy (non-hydrogen) atoms. The predicted octanol–water partition coefficient (Wildman–Crippen LogP) is -0.0414. The minimum absolute atomic E-state index is 0.0759. The van der Waals surface area contributed by atoms with Crippen LogP contribution in [0.15, 0.2) is 0 Å². The van der Waals surface area contributed by atoms with Gasteiger partial charge in [0.1, 0.15) is 0 Å². The van der Waals surface area contributed by atoms with Gasteiger partial charge in [-0.05, 0) is 32.4 Å². The summed E-state index contributed by atoms with van der Waals surface area (Å²) in [4.78, 5) is 14.0. The number of rotatable bonds is 4. The van der Waals surface area contributed by atoms with Gasteiger partial charge in [0, 0.05) is 19.1 Å². The van der Waals surface area contributed by atoms with Crippen LogP contribution < -0.4 is 10.6 Å². The highest BCUT2D eigenvalue weighted by atomic mass is 32.2. The van der Waals surface area contributed by atoms with Crippen molar-refractivity contribution in [2.24, 2.45) is 0 Å². The van der Waals surface area contributed by atoms with E-state index in [4.69, 9.17) is 0 Å². The van der Waals surface area contributed by atoms with Gasteiger partial charge in [0.25, 0.3) is 0 Å². The van der Waals surface area contributed by atoms with E-state index < -0.39 is 9.84 Å². The van der Waals surface area contributed by atoms with Crippen LogP contribution in [-0.4, -0.2) is 63.1 Å². The summed E-state index contributed by atoms with van der Waals surface area (Å²) in [7, 11) is -2.93. The zero-order valence-corrected chi connectivity index (χ0v) is 12.0. The molecule has 0 bridgehead atoms. The number of urea groups is 1. The summed E-state index contributed by atoms with van der Waals surface area (Å²) in [6.07, 6.45) is 4.32. The summed E-state index contributed by atoms with van der Waals surface area (Å²) in [5, 5.41) is 5.52. The SMILES string of the molecule is O=C(NCCN1CCCCC1)N[C@@H]1CCS(=O)(=O)C1. The summed E-state index contributed by atoms with van der Waals surface area (Å²) < 4.78 is 22.5. The maximum Gasteiger partial charge on any atom is 0.315 e. The van der Waals surface area contributed by atoms with Gasteiger partial charge in [-0.15, -0.1) is 0 Å². The molecule has 2 saturated heterocycles. The lowest BCUT2D eigenvalue weighted by molar-refractivity contribution is 0.219. The van der Waals surface area contributed by atoms with Crippen LogP contribution in [0, 0.1) is 0 Å². The van der Waals surface area contributed by atoms with Crippen LogP contribution in [0.2, 0.25) is 0 Å². The van der Waals surface area contributed by atoms with Crippen LogP contribution in [0.25, 0.3) is 0 Å². The molecular formula is C12H23N3O3S. The summed E-state index contributed by atoms with van der Waals surface area (Å²) in [5.41, 5.74) is 0. The van der Waals surface area contributed by atoms with Gasteiger partial charge in [-0.1, -0.05) is 6.42 Å². The van der Waals surface area contributed by atoms with Crippen LogP contribution in [0.5, 0.6) is 0 Å². The van der Waals surface area contributed by atoms with Crippen LogP contribution in [0.3, 0.4) is 0 Å². The third-order valence-corrected chi connectivity index (χ3v) is 5.50. The Morgan fingerprint density at radius 1 is 1.21 bits per heavy atom. The molecule has 110 valence electrons. The van der Waals surface area contributed by atoms with Crippen molar-refractivity contribution < 1.29 is 13.2 Å². The van der Waals surface area contributed by atoms with Crippen molar-refractivity contribution in [2.75, 3.05) is 37.7 Å². The fraction of sp³-hybridized carbons (Fsp3) is 0.917. The normalized spacial score (nSPS) is 27.1. The fourth-order valence-corrected chi connectivity index (χ4v) is 4.33. The van der Waals surface area contributed by atoms with Crippen LogP contribution in [-0.2, 0) is 9.84 Å². The molecule has 0 aliphatic carbocycles. The first kappa shape index (κ1) is 14.6. The first-order valence-electron chi connectivity index (χ1n) is 7.02. The Kier molecular flexibility index (Phi) is 5.04. The number of hydrogen-bond acceptors (Lipinski definition) is 4. The topological polar surface area (TPSA) is 78.5 Å². The molecule has 7 heteroatoms. The van der Waals surface area contributed by atoms with Crippen molar-refractivity contribution in [3.05, 3.63) is 0 Å². The summed E-state index contributed by atoms with van der Waals surface area (Å²) in [6.45, 7) is 3.72. The number of carbonyl (C=O) groups is 1. The molecule has 0 unspecified atom stereocenters. The Labute approximate surface area is 114 Å². The van der Waals surface area contributed by atoms with Crippen LogP contribution >= 0.6 is 0 Å². The van der Waals surface area contributed by atoms with Crippen molar-refractivity contribution in [3.8, 4) is 0 Å². The van der Waals surface area contributed by atoms with E-state index in [9.17, 15) is 13.2 Å². The molecule has 2 amide bonds. The maximum atomic E-state index is 11.6. The molecule has 0 saturated carbocycles. The van der Waals surface area contributed by atoms with E-state index in [0.717, 1.165) is 19.6 Å². The number of sulfone groups is 1. The summed E-state index contributed by atoms with van der Waals surface area (Å²) in [6, 6.07) is -0.473. The Balaban J connectivity index is 1.59. The molecule has 2 heterocycles. The van der Waals surface area contributed by atoms with Crippen molar-refractivity contribution in [1.82, 2.24) is 15.5 Å². The second-order valence-electron chi connectivity index (χ2n) is 5.40. The molecule has 0 aromatic heterocycles. The van der Waals surface area contributed by atoms with Gasteiger partial charge in [0.05, 0.1) is 11.5 Å². The maximum absolute atomic E-state index is 11.6. The molecule has 2 fully saturated rings. The standard InChI is InChI=1S/C12H23N3O3S/c16-12(14-11-4-9-19(17,18)10-11)13-5-8-15-6-2-1-3-7-15/h11H,1-10H2,(H2,13,14,16)/t11-/m1/s1. The lowest BCUT2D eigenvalue weighted by Gasteiger charge is -2.26. The van der Waals surface area contributed by atoms with Crippen LogP contribution in [0.4, 0.5) is 4.79 Å². The lowest BCUT2D eigenvalue weighted by Crippen LogP contribution is -2.45. The molecule has 0 spiro atoms. The van der Waals surface area contributed by atoms with E-state index in [-0.39, 0.29) is 23.6 Å². The molecule has 2 aliphatic rings. The first-order chi connectivity index (χ1) is 9.05. The van der Waals surface area contributed by atoms with E-state index in [1.807, 2.05) is 0 Å². The molecule has 0 aromatic carbocycles. The highest BCUT2D eigenvalue weighted by Gasteiger charge is 2.28. The second kappa shape index (κ2) is 6.56. The average molecular weight is 289 g/mol. The third-order valence-electron chi connectivity index (χ3n) is 3.73. The zero-order chi connectivity index (χ0) is 13.7. The van der Waals surface area contributed by atoms with Crippen LogP contribution in [0.1, 0.15) is 25.7 Å². The Morgan fingerprint density at radius 2 is 1.95 bits per heavy atom. The number of nitrogens with zero attached hydrogens (tertiary/aromatic N) is 1.